The Morgan fingerprint density at radius 1 is 1.24 bits per heavy atom. The van der Waals surface area contributed by atoms with Crippen LogP contribution in [-0.4, -0.2) is 44.6 Å². The highest BCUT2D eigenvalue weighted by Gasteiger charge is 2.29. The Balaban J connectivity index is 1.62. The number of halogens is 3. The molecule has 1 aromatic carbocycles. The average molecular weight is 492 g/mol. The largest absolute Gasteiger partial charge is 0.444 e. The maximum absolute atomic E-state index is 14.6. The minimum Gasteiger partial charge on any atom is -0.444 e. The van der Waals surface area contributed by atoms with Gasteiger partial charge in [0.15, 0.2) is 5.82 Å². The van der Waals surface area contributed by atoms with Gasteiger partial charge in [0, 0.05) is 30.1 Å². The van der Waals surface area contributed by atoms with Crippen LogP contribution in [0.2, 0.25) is 10.0 Å². The molecule has 0 bridgehead atoms. The van der Waals surface area contributed by atoms with Gasteiger partial charge < -0.3 is 15.0 Å². The van der Waals surface area contributed by atoms with Gasteiger partial charge in [0.1, 0.15) is 17.7 Å². The summed E-state index contributed by atoms with van der Waals surface area (Å²) in [6.45, 7) is 6.70. The number of carbonyl (C=O) groups excluding carboxylic acids is 1. The first-order chi connectivity index (χ1) is 15.6. The molecule has 2 aromatic heterocycles. The van der Waals surface area contributed by atoms with Gasteiger partial charge >= 0.3 is 6.09 Å². The number of nitrogens with zero attached hydrogens (tertiary/aromatic N) is 4. The van der Waals surface area contributed by atoms with Crippen LogP contribution in [0, 0.1) is 5.82 Å². The number of benzene rings is 1. The highest BCUT2D eigenvalue weighted by Crippen LogP contribution is 2.34. The number of fused-ring (bicyclic) bond motifs is 1. The number of carbonyl (C=O) groups is 1. The summed E-state index contributed by atoms with van der Waals surface area (Å²) in [6.07, 6.45) is 4.44. The Morgan fingerprint density at radius 3 is 2.79 bits per heavy atom. The smallest absolute Gasteiger partial charge is 0.410 e. The van der Waals surface area contributed by atoms with E-state index >= 15 is 0 Å². The molecule has 1 atom stereocenters. The minimum atomic E-state index is -0.662. The molecular formula is C23H24Cl2FN5O2. The number of anilines is 2. The van der Waals surface area contributed by atoms with E-state index in [-0.39, 0.29) is 27.7 Å². The molecule has 1 saturated heterocycles. The predicted octanol–water partition coefficient (Wildman–Crippen LogP) is 6.33. The van der Waals surface area contributed by atoms with Crippen molar-refractivity contribution in [1.29, 1.82) is 0 Å². The maximum atomic E-state index is 14.6. The Bertz CT molecular complexity index is 1200. The van der Waals surface area contributed by atoms with Crippen molar-refractivity contribution in [2.75, 3.05) is 18.4 Å². The monoisotopic (exact) mass is 491 g/mol. The number of rotatable bonds is 3. The Morgan fingerprint density at radius 2 is 2.03 bits per heavy atom. The average Bonchev–Trinajstić information content (AvgIpc) is 2.78. The first-order valence-electron chi connectivity index (χ1n) is 10.6. The van der Waals surface area contributed by atoms with E-state index in [9.17, 15) is 9.18 Å². The van der Waals surface area contributed by atoms with E-state index in [2.05, 4.69) is 20.3 Å². The minimum absolute atomic E-state index is 0.0328. The summed E-state index contributed by atoms with van der Waals surface area (Å²) < 4.78 is 20.1. The van der Waals surface area contributed by atoms with Crippen molar-refractivity contribution in [1.82, 2.24) is 19.9 Å². The van der Waals surface area contributed by atoms with Gasteiger partial charge in [0.05, 0.1) is 27.4 Å². The molecule has 0 spiro atoms. The molecule has 10 heteroatoms. The first kappa shape index (κ1) is 23.4. The molecule has 1 fully saturated rings. The van der Waals surface area contributed by atoms with Crippen molar-refractivity contribution in [3.05, 3.63) is 52.3 Å². The molecule has 1 N–H and O–H groups in total. The lowest BCUT2D eigenvalue weighted by molar-refractivity contribution is 0.0197. The second-order valence-corrected chi connectivity index (χ2v) is 9.75. The zero-order valence-corrected chi connectivity index (χ0v) is 20.0. The summed E-state index contributed by atoms with van der Waals surface area (Å²) >= 11 is 11.8. The van der Waals surface area contributed by atoms with Gasteiger partial charge in [-0.1, -0.05) is 23.2 Å². The van der Waals surface area contributed by atoms with Crippen molar-refractivity contribution in [2.45, 2.75) is 45.1 Å². The van der Waals surface area contributed by atoms with Crippen LogP contribution in [0.25, 0.3) is 10.9 Å². The van der Waals surface area contributed by atoms with Crippen LogP contribution in [-0.2, 0) is 4.74 Å². The molecule has 4 rings (SSSR count). The van der Waals surface area contributed by atoms with Crippen LogP contribution < -0.4 is 5.32 Å². The van der Waals surface area contributed by atoms with Crippen LogP contribution in [0.1, 0.15) is 45.2 Å². The number of amides is 1. The van der Waals surface area contributed by atoms with E-state index in [4.69, 9.17) is 27.9 Å². The van der Waals surface area contributed by atoms with Crippen LogP contribution in [0.3, 0.4) is 0 Å². The van der Waals surface area contributed by atoms with Crippen molar-refractivity contribution in [3.63, 3.8) is 0 Å². The lowest BCUT2D eigenvalue weighted by Gasteiger charge is -2.34. The van der Waals surface area contributed by atoms with Crippen molar-refractivity contribution in [3.8, 4) is 0 Å². The quantitative estimate of drug-likeness (QED) is 0.431. The Kier molecular flexibility index (Phi) is 6.59. The van der Waals surface area contributed by atoms with Gasteiger partial charge in [0.25, 0.3) is 0 Å². The van der Waals surface area contributed by atoms with Crippen molar-refractivity contribution >= 4 is 51.7 Å². The molecule has 174 valence electrons. The highest BCUT2D eigenvalue weighted by molar-refractivity contribution is 6.42. The third-order valence-electron chi connectivity index (χ3n) is 5.32. The molecule has 7 nitrogen and oxygen atoms in total. The molecule has 3 heterocycles. The number of ether oxygens (including phenoxy) is 1. The van der Waals surface area contributed by atoms with E-state index in [0.717, 1.165) is 18.5 Å². The number of nitrogens with one attached hydrogen (secondary N) is 1. The maximum Gasteiger partial charge on any atom is 0.410 e. The van der Waals surface area contributed by atoms with E-state index in [1.807, 2.05) is 26.8 Å². The lowest BCUT2D eigenvalue weighted by Crippen LogP contribution is -2.42. The number of hydrogen-bond acceptors (Lipinski definition) is 6. The summed E-state index contributed by atoms with van der Waals surface area (Å²) in [5.41, 5.74) is 1.01. The summed E-state index contributed by atoms with van der Waals surface area (Å²) in [7, 11) is 0. The molecule has 1 aliphatic heterocycles. The molecule has 1 aliphatic rings. The summed E-state index contributed by atoms with van der Waals surface area (Å²) in [5, 5.41) is 3.64. The molecule has 33 heavy (non-hydrogen) atoms. The fourth-order valence-corrected chi connectivity index (χ4v) is 4.07. The number of aromatic nitrogens is 3. The summed E-state index contributed by atoms with van der Waals surface area (Å²) in [4.78, 5) is 27.4. The number of likely N-dealkylation sites (tertiary alicyclic amines) is 1. The SMILES string of the molecule is CC(C)(C)OC(=O)N1CCCC(c2cc3c(Nc4ccc(Cl)c(Cl)c4F)ncnc3cn2)C1. The second-order valence-electron chi connectivity index (χ2n) is 8.96. The molecule has 1 unspecified atom stereocenters. The molecule has 0 aliphatic carbocycles. The normalized spacial score (nSPS) is 16.7. The van der Waals surface area contributed by atoms with E-state index in [1.165, 1.54) is 18.5 Å². The highest BCUT2D eigenvalue weighted by atomic mass is 35.5. The van der Waals surface area contributed by atoms with Gasteiger partial charge in [-0.15, -0.1) is 0 Å². The van der Waals surface area contributed by atoms with E-state index in [0.29, 0.717) is 29.8 Å². The standard InChI is InChI=1S/C23H24Cl2FN5O2/c1-23(2,3)33-22(32)31-8-4-5-13(11-31)17-9-14-18(10-27-17)28-12-29-21(14)30-16-7-6-15(24)19(25)20(16)26/h6-7,9-10,12-13H,4-5,8,11H2,1-3H3,(H,28,29,30). The number of hydrogen-bond donors (Lipinski definition) is 1. The first-order valence-corrected chi connectivity index (χ1v) is 11.4. The van der Waals surface area contributed by atoms with E-state index in [1.54, 1.807) is 11.1 Å². The van der Waals surface area contributed by atoms with Gasteiger partial charge in [-0.05, 0) is 51.8 Å². The summed E-state index contributed by atoms with van der Waals surface area (Å²) in [5.74, 6) is -0.211. The fourth-order valence-electron chi connectivity index (χ4n) is 3.76. The second kappa shape index (κ2) is 9.27. The zero-order valence-electron chi connectivity index (χ0n) is 18.5. The molecule has 3 aromatic rings. The van der Waals surface area contributed by atoms with Crippen LogP contribution in [0.15, 0.2) is 30.7 Å². The van der Waals surface area contributed by atoms with Gasteiger partial charge in [-0.25, -0.2) is 19.2 Å². The summed E-state index contributed by atoms with van der Waals surface area (Å²) in [6, 6.07) is 4.90. The molecule has 0 radical (unpaired) electrons. The zero-order chi connectivity index (χ0) is 23.8. The molecular weight excluding hydrogens is 468 g/mol. The number of pyridine rings is 1. The predicted molar refractivity (Wildman–Crippen MR) is 127 cm³/mol. The van der Waals surface area contributed by atoms with Crippen LogP contribution in [0.4, 0.5) is 20.7 Å². The topological polar surface area (TPSA) is 80.2 Å². The Labute approximate surface area is 201 Å². The number of piperidine rings is 1. The third-order valence-corrected chi connectivity index (χ3v) is 6.10. The molecule has 0 saturated carbocycles. The van der Waals surface area contributed by atoms with Gasteiger partial charge in [-0.3, -0.25) is 4.98 Å². The Hall–Kier alpha value is -2.71. The van der Waals surface area contributed by atoms with Crippen LogP contribution in [0.5, 0.6) is 0 Å². The van der Waals surface area contributed by atoms with Crippen LogP contribution >= 0.6 is 23.2 Å². The van der Waals surface area contributed by atoms with Gasteiger partial charge in [-0.2, -0.15) is 0 Å². The van der Waals surface area contributed by atoms with Crippen molar-refractivity contribution in [2.24, 2.45) is 0 Å². The van der Waals surface area contributed by atoms with Gasteiger partial charge in [0.2, 0.25) is 0 Å². The third kappa shape index (κ3) is 5.28. The van der Waals surface area contributed by atoms with Crippen molar-refractivity contribution < 1.29 is 13.9 Å². The fraction of sp³-hybridized carbons (Fsp3) is 0.391. The van der Waals surface area contributed by atoms with E-state index < -0.39 is 11.4 Å². The molecule has 1 amide bonds. The lowest BCUT2D eigenvalue weighted by atomic mass is 9.94.